The number of nitrogens with one attached hydrogen (secondary N) is 2. The Kier molecular flexibility index (Phi) is 6.30. The molecule has 0 spiro atoms. The minimum Gasteiger partial charge on any atom is -0.497 e. The summed E-state index contributed by atoms with van der Waals surface area (Å²) in [5, 5.41) is 2.56. The molecule has 0 aliphatic rings. The summed E-state index contributed by atoms with van der Waals surface area (Å²) in [6.45, 7) is 0.715. The van der Waals surface area contributed by atoms with Crippen LogP contribution in [0.15, 0.2) is 36.4 Å². The molecular weight excluding hydrogens is 330 g/mol. The highest BCUT2D eigenvalue weighted by Gasteiger charge is 2.15. The van der Waals surface area contributed by atoms with Crippen LogP contribution in [0.5, 0.6) is 11.5 Å². The first-order valence-corrected chi connectivity index (χ1v) is 7.70. The van der Waals surface area contributed by atoms with Gasteiger partial charge in [0.15, 0.2) is 18.2 Å². The van der Waals surface area contributed by atoms with Crippen molar-refractivity contribution in [2.24, 2.45) is 0 Å². The number of amides is 1. The summed E-state index contributed by atoms with van der Waals surface area (Å²) in [5.74, 6) is -0.876. The molecule has 2 aromatic rings. The van der Waals surface area contributed by atoms with Crippen LogP contribution >= 0.6 is 0 Å². The number of rotatable bonds is 7. The number of ether oxygens (including phenoxy) is 2. The van der Waals surface area contributed by atoms with Crippen LogP contribution in [-0.2, 0) is 11.3 Å². The highest BCUT2D eigenvalue weighted by molar-refractivity contribution is 5.91. The van der Waals surface area contributed by atoms with E-state index in [0.717, 1.165) is 22.6 Å². The predicted molar refractivity (Wildman–Crippen MR) is 90.0 cm³/mol. The van der Waals surface area contributed by atoms with Crippen LogP contribution in [0.4, 0.5) is 14.5 Å². The maximum atomic E-state index is 13.2. The summed E-state index contributed by atoms with van der Waals surface area (Å²) in [7, 11) is 5.01. The Morgan fingerprint density at radius 3 is 2.48 bits per heavy atom. The standard InChI is InChI=1S/C18H20F2N2O3/c1-22(10-12-4-6-14(24-2)9-17(12)25-3)11-18(23)21-13-5-7-15(19)16(20)8-13/h4-9H,10-11H2,1-3H3,(H,21,23)/p+1. The normalized spacial score (nSPS) is 11.7. The molecule has 0 aliphatic carbocycles. The number of methoxy groups -OCH3 is 2. The zero-order valence-electron chi connectivity index (χ0n) is 14.4. The van der Waals surface area contributed by atoms with Crippen LogP contribution in [0.1, 0.15) is 5.56 Å². The van der Waals surface area contributed by atoms with Gasteiger partial charge in [0.2, 0.25) is 0 Å². The largest absolute Gasteiger partial charge is 0.497 e. The van der Waals surface area contributed by atoms with Gasteiger partial charge < -0.3 is 19.7 Å². The number of likely N-dealkylation sites (N-methyl/N-ethyl adjacent to an activating group) is 1. The first kappa shape index (κ1) is 18.7. The molecule has 2 rings (SSSR count). The van der Waals surface area contributed by atoms with Gasteiger partial charge >= 0.3 is 0 Å². The summed E-state index contributed by atoms with van der Waals surface area (Å²) in [5.41, 5.74) is 1.15. The Morgan fingerprint density at radius 2 is 1.84 bits per heavy atom. The van der Waals surface area contributed by atoms with Crippen LogP contribution in [0, 0.1) is 11.6 Å². The second-order valence-electron chi connectivity index (χ2n) is 5.67. The second kappa shape index (κ2) is 8.43. The van der Waals surface area contributed by atoms with E-state index in [-0.39, 0.29) is 18.1 Å². The third kappa shape index (κ3) is 5.15. The number of anilines is 1. The van der Waals surface area contributed by atoms with Crippen LogP contribution in [0.3, 0.4) is 0 Å². The quantitative estimate of drug-likeness (QED) is 0.797. The molecule has 134 valence electrons. The number of hydrogen-bond acceptors (Lipinski definition) is 3. The lowest BCUT2D eigenvalue weighted by molar-refractivity contribution is -0.885. The van der Waals surface area contributed by atoms with Gasteiger partial charge in [0, 0.05) is 23.4 Å². The van der Waals surface area contributed by atoms with E-state index < -0.39 is 11.6 Å². The Labute approximate surface area is 145 Å². The summed E-state index contributed by atoms with van der Waals surface area (Å²) >= 11 is 0. The fraction of sp³-hybridized carbons (Fsp3) is 0.278. The van der Waals surface area contributed by atoms with Crippen LogP contribution in [0.2, 0.25) is 0 Å². The van der Waals surface area contributed by atoms with Gasteiger partial charge in [0.25, 0.3) is 5.91 Å². The molecule has 7 heteroatoms. The molecule has 0 saturated heterocycles. The van der Waals surface area contributed by atoms with Crippen LogP contribution in [0.25, 0.3) is 0 Å². The van der Waals surface area contributed by atoms with E-state index >= 15 is 0 Å². The number of hydrogen-bond donors (Lipinski definition) is 2. The van der Waals surface area contributed by atoms with E-state index in [4.69, 9.17) is 9.47 Å². The minimum atomic E-state index is -0.999. The first-order valence-electron chi connectivity index (χ1n) is 7.70. The van der Waals surface area contributed by atoms with E-state index in [1.165, 1.54) is 6.07 Å². The molecule has 0 aromatic heterocycles. The SMILES string of the molecule is COc1ccc(C[NH+](C)CC(=O)Nc2ccc(F)c(F)c2)c(OC)c1. The zero-order chi connectivity index (χ0) is 18.4. The van der Waals surface area contributed by atoms with Crippen molar-refractivity contribution in [2.75, 3.05) is 33.1 Å². The lowest BCUT2D eigenvalue weighted by atomic mass is 10.2. The van der Waals surface area contributed by atoms with Gasteiger partial charge in [-0.1, -0.05) is 0 Å². The second-order valence-corrected chi connectivity index (χ2v) is 5.67. The molecular formula is C18H21F2N2O3+. The predicted octanol–water partition coefficient (Wildman–Crippen LogP) is 1.64. The molecule has 5 nitrogen and oxygen atoms in total. The minimum absolute atomic E-state index is 0.161. The van der Waals surface area contributed by atoms with Gasteiger partial charge in [-0.15, -0.1) is 0 Å². The van der Waals surface area contributed by atoms with Gasteiger partial charge in [0.1, 0.15) is 18.0 Å². The van der Waals surface area contributed by atoms with E-state index in [2.05, 4.69) is 5.32 Å². The zero-order valence-corrected chi connectivity index (χ0v) is 14.4. The Morgan fingerprint density at radius 1 is 1.08 bits per heavy atom. The molecule has 1 atom stereocenters. The number of carbonyl (C=O) groups is 1. The Balaban J connectivity index is 1.96. The number of benzene rings is 2. The van der Waals surface area contributed by atoms with E-state index in [1.54, 1.807) is 20.3 Å². The van der Waals surface area contributed by atoms with Crippen molar-refractivity contribution >= 4 is 11.6 Å². The molecule has 0 saturated carbocycles. The lowest BCUT2D eigenvalue weighted by Crippen LogP contribution is -3.08. The third-order valence-electron chi connectivity index (χ3n) is 3.65. The fourth-order valence-corrected chi connectivity index (χ4v) is 2.44. The van der Waals surface area contributed by atoms with E-state index in [0.29, 0.717) is 18.0 Å². The van der Waals surface area contributed by atoms with Crippen molar-refractivity contribution in [3.63, 3.8) is 0 Å². The number of halogens is 2. The van der Waals surface area contributed by atoms with Gasteiger partial charge in [-0.25, -0.2) is 8.78 Å². The summed E-state index contributed by atoms with van der Waals surface area (Å²) in [4.78, 5) is 13.0. The maximum absolute atomic E-state index is 13.2. The highest BCUT2D eigenvalue weighted by atomic mass is 19.2. The molecule has 2 N–H and O–H groups in total. The van der Waals surface area contributed by atoms with E-state index in [1.807, 2.05) is 19.2 Å². The molecule has 0 heterocycles. The highest BCUT2D eigenvalue weighted by Crippen LogP contribution is 2.23. The molecule has 2 aromatic carbocycles. The van der Waals surface area contributed by atoms with Crippen molar-refractivity contribution in [3.05, 3.63) is 53.6 Å². The van der Waals surface area contributed by atoms with Crippen LogP contribution in [-0.4, -0.2) is 33.7 Å². The fourth-order valence-electron chi connectivity index (χ4n) is 2.44. The molecule has 25 heavy (non-hydrogen) atoms. The third-order valence-corrected chi connectivity index (χ3v) is 3.65. The maximum Gasteiger partial charge on any atom is 0.279 e. The molecule has 0 bridgehead atoms. The number of quaternary nitrogens is 1. The summed E-state index contributed by atoms with van der Waals surface area (Å²) in [6, 6.07) is 8.74. The first-order chi connectivity index (χ1) is 11.9. The average Bonchev–Trinajstić information content (AvgIpc) is 2.58. The molecule has 1 unspecified atom stereocenters. The monoisotopic (exact) mass is 351 g/mol. The van der Waals surface area contributed by atoms with Gasteiger partial charge in [-0.05, 0) is 24.3 Å². The van der Waals surface area contributed by atoms with Gasteiger partial charge in [-0.3, -0.25) is 4.79 Å². The Hall–Kier alpha value is -2.67. The van der Waals surface area contributed by atoms with Crippen molar-refractivity contribution in [1.29, 1.82) is 0 Å². The molecule has 0 fully saturated rings. The topological polar surface area (TPSA) is 52.0 Å². The smallest absolute Gasteiger partial charge is 0.279 e. The van der Waals surface area contributed by atoms with E-state index in [9.17, 15) is 13.6 Å². The number of carbonyl (C=O) groups excluding carboxylic acids is 1. The summed E-state index contributed by atoms with van der Waals surface area (Å²) in [6.07, 6.45) is 0. The van der Waals surface area contributed by atoms with Gasteiger partial charge in [-0.2, -0.15) is 0 Å². The molecule has 1 amide bonds. The summed E-state index contributed by atoms with van der Waals surface area (Å²) < 4.78 is 36.6. The van der Waals surface area contributed by atoms with Crippen molar-refractivity contribution in [3.8, 4) is 11.5 Å². The van der Waals surface area contributed by atoms with Crippen molar-refractivity contribution in [2.45, 2.75) is 6.54 Å². The molecule has 0 aliphatic heterocycles. The average molecular weight is 351 g/mol. The van der Waals surface area contributed by atoms with Gasteiger partial charge in [0.05, 0.1) is 21.3 Å². The van der Waals surface area contributed by atoms with Crippen molar-refractivity contribution in [1.82, 2.24) is 0 Å². The lowest BCUT2D eigenvalue weighted by Gasteiger charge is -2.16. The van der Waals surface area contributed by atoms with Crippen LogP contribution < -0.4 is 19.7 Å². The van der Waals surface area contributed by atoms with Crippen molar-refractivity contribution < 1.29 is 27.9 Å². The molecule has 0 radical (unpaired) electrons. The Bertz CT molecular complexity index is 753.